The Bertz CT molecular complexity index is 1050. The Morgan fingerprint density at radius 1 is 1.18 bits per heavy atom. The molecule has 0 saturated carbocycles. The number of hydrogen-bond donors (Lipinski definition) is 0. The molecule has 0 N–H and O–H groups in total. The fourth-order valence-corrected chi connectivity index (χ4v) is 4.66. The number of rotatable bonds is 5. The molecule has 3 heterocycles. The van der Waals surface area contributed by atoms with Crippen LogP contribution in [0.4, 0.5) is 0 Å². The van der Waals surface area contributed by atoms with Crippen LogP contribution in [-0.2, 0) is 11.2 Å². The minimum absolute atomic E-state index is 0.0188. The van der Waals surface area contributed by atoms with Crippen LogP contribution in [0.25, 0.3) is 20.5 Å². The molecule has 28 heavy (non-hydrogen) atoms. The molecule has 0 bridgehead atoms. The average molecular weight is 391 g/mol. The molecule has 0 aliphatic carbocycles. The van der Waals surface area contributed by atoms with Gasteiger partial charge in [0.1, 0.15) is 12.4 Å². The summed E-state index contributed by atoms with van der Waals surface area (Å²) in [6, 6.07) is 18.1. The summed E-state index contributed by atoms with van der Waals surface area (Å²) < 4.78 is 13.1. The van der Waals surface area contributed by atoms with Crippen LogP contribution < -0.4 is 4.74 Å². The second kappa shape index (κ2) is 7.32. The molecule has 1 fully saturated rings. The molecule has 1 unspecified atom stereocenters. The maximum atomic E-state index is 6.03. The predicted octanol–water partition coefficient (Wildman–Crippen LogP) is 5.09. The van der Waals surface area contributed by atoms with E-state index in [9.17, 15) is 0 Å². The number of nitrogens with zero attached hydrogens (tertiary/aromatic N) is 2. The van der Waals surface area contributed by atoms with E-state index in [1.807, 2.05) is 12.1 Å². The Morgan fingerprint density at radius 2 is 2.07 bits per heavy atom. The van der Waals surface area contributed by atoms with Gasteiger partial charge in [-0.2, -0.15) is 0 Å². The van der Waals surface area contributed by atoms with Crippen LogP contribution in [0.5, 0.6) is 5.75 Å². The van der Waals surface area contributed by atoms with E-state index < -0.39 is 0 Å². The van der Waals surface area contributed by atoms with E-state index in [4.69, 9.17) is 9.47 Å². The van der Waals surface area contributed by atoms with Crippen LogP contribution in [-0.4, -0.2) is 36.7 Å². The Morgan fingerprint density at radius 3 is 2.89 bits per heavy atom. The van der Waals surface area contributed by atoms with Crippen LogP contribution in [0.3, 0.4) is 0 Å². The highest BCUT2D eigenvalue weighted by Crippen LogP contribution is 2.35. The summed E-state index contributed by atoms with van der Waals surface area (Å²) in [7, 11) is 0. The summed E-state index contributed by atoms with van der Waals surface area (Å²) in [5, 5.41) is 1.25. The third-order valence-corrected chi connectivity index (χ3v) is 6.30. The van der Waals surface area contributed by atoms with Crippen molar-refractivity contribution in [1.82, 2.24) is 4.90 Å². The van der Waals surface area contributed by atoms with Crippen LogP contribution in [0, 0.1) is 0 Å². The van der Waals surface area contributed by atoms with Gasteiger partial charge in [0.15, 0.2) is 6.10 Å². The molecule has 0 radical (unpaired) electrons. The average Bonchev–Trinajstić information content (AvgIpc) is 3.35. The normalized spacial score (nSPS) is 18.1. The van der Waals surface area contributed by atoms with E-state index in [0.717, 1.165) is 25.3 Å². The monoisotopic (exact) mass is 390 g/mol. The van der Waals surface area contributed by atoms with Crippen LogP contribution in [0.1, 0.15) is 12.5 Å². The summed E-state index contributed by atoms with van der Waals surface area (Å²) in [5.74, 6) is 0.885. The van der Waals surface area contributed by atoms with Gasteiger partial charge >= 0.3 is 0 Å². The number of aryl methyl sites for hydroxylation is 1. The fraction of sp³-hybridized carbons (Fsp3) is 0.261. The highest BCUT2D eigenvalue weighted by molar-refractivity contribution is 7.22. The second-order valence-electron chi connectivity index (χ2n) is 7.11. The van der Waals surface area contributed by atoms with Gasteiger partial charge in [-0.25, -0.2) is 4.99 Å². The molecule has 142 valence electrons. The molecule has 5 heteroatoms. The maximum Gasteiger partial charge on any atom is 0.292 e. The lowest BCUT2D eigenvalue weighted by molar-refractivity contribution is 0.146. The van der Waals surface area contributed by atoms with Crippen molar-refractivity contribution < 1.29 is 9.47 Å². The molecule has 2 aliphatic heterocycles. The minimum atomic E-state index is 0.0188. The van der Waals surface area contributed by atoms with Gasteiger partial charge in [-0.3, -0.25) is 0 Å². The van der Waals surface area contributed by atoms with Crippen LogP contribution in [0.2, 0.25) is 0 Å². The van der Waals surface area contributed by atoms with Crippen molar-refractivity contribution in [3.63, 3.8) is 0 Å². The van der Waals surface area contributed by atoms with Crippen molar-refractivity contribution in [1.29, 1.82) is 0 Å². The first-order valence-corrected chi connectivity index (χ1v) is 10.5. The molecule has 4 nitrogen and oxygen atoms in total. The van der Waals surface area contributed by atoms with Crippen molar-refractivity contribution in [2.75, 3.05) is 19.7 Å². The molecule has 0 amide bonds. The number of hydrogen-bond acceptors (Lipinski definition) is 5. The molecule has 3 aromatic rings. The van der Waals surface area contributed by atoms with Crippen molar-refractivity contribution >= 4 is 27.4 Å². The molecule has 0 spiro atoms. The molecule has 5 rings (SSSR count). The predicted molar refractivity (Wildman–Crippen MR) is 115 cm³/mol. The van der Waals surface area contributed by atoms with E-state index in [1.54, 1.807) is 17.5 Å². The summed E-state index contributed by atoms with van der Waals surface area (Å²) >= 11 is 1.81. The van der Waals surface area contributed by atoms with Gasteiger partial charge < -0.3 is 14.4 Å². The number of aliphatic imine (C=N–C) groups is 1. The van der Waals surface area contributed by atoms with E-state index in [0.29, 0.717) is 12.6 Å². The zero-order valence-electron chi connectivity index (χ0n) is 15.8. The van der Waals surface area contributed by atoms with Crippen molar-refractivity contribution in [2.45, 2.75) is 19.4 Å². The zero-order chi connectivity index (χ0) is 18.9. The summed E-state index contributed by atoms with van der Waals surface area (Å²) in [4.78, 5) is 7.69. The number of fused-ring (bicyclic) bond motifs is 2. The molecular formula is C23H22N2O2S. The molecule has 1 saturated heterocycles. The Labute approximate surface area is 168 Å². The SMILES string of the molecule is CCc1ccc(-c2cc3ccc(OCC4CN5CC=CN=C5O4)cc3s2)cc1. The summed E-state index contributed by atoms with van der Waals surface area (Å²) in [6.45, 7) is 4.39. The smallest absolute Gasteiger partial charge is 0.292 e. The first-order chi connectivity index (χ1) is 13.8. The number of amidine groups is 1. The Kier molecular flexibility index (Phi) is 4.53. The van der Waals surface area contributed by atoms with Gasteiger partial charge in [-0.05, 0) is 53.3 Å². The van der Waals surface area contributed by atoms with Gasteiger partial charge in [-0.15, -0.1) is 11.3 Å². The van der Waals surface area contributed by atoms with E-state index in [-0.39, 0.29) is 6.10 Å². The molecule has 2 aliphatic rings. The fourth-order valence-electron chi connectivity index (χ4n) is 3.56. The second-order valence-corrected chi connectivity index (χ2v) is 8.20. The molecular weight excluding hydrogens is 368 g/mol. The number of thiophene rings is 1. The number of ether oxygens (including phenoxy) is 2. The molecule has 1 aromatic heterocycles. The quantitative estimate of drug-likeness (QED) is 0.608. The van der Waals surface area contributed by atoms with Crippen molar-refractivity contribution in [2.24, 2.45) is 4.99 Å². The van der Waals surface area contributed by atoms with Gasteiger partial charge in [0, 0.05) is 22.3 Å². The van der Waals surface area contributed by atoms with Gasteiger partial charge in [0.2, 0.25) is 0 Å². The zero-order valence-corrected chi connectivity index (χ0v) is 16.6. The third-order valence-electron chi connectivity index (χ3n) is 5.16. The third kappa shape index (κ3) is 3.38. The Balaban J connectivity index is 1.28. The molecule has 1 atom stereocenters. The highest BCUT2D eigenvalue weighted by Gasteiger charge is 2.30. The highest BCUT2D eigenvalue weighted by atomic mass is 32.1. The largest absolute Gasteiger partial charge is 0.490 e. The van der Waals surface area contributed by atoms with Crippen molar-refractivity contribution in [3.8, 4) is 16.2 Å². The maximum absolute atomic E-state index is 6.03. The minimum Gasteiger partial charge on any atom is -0.490 e. The topological polar surface area (TPSA) is 34.1 Å². The van der Waals surface area contributed by atoms with Gasteiger partial charge in [-0.1, -0.05) is 31.2 Å². The first-order valence-electron chi connectivity index (χ1n) is 9.68. The lowest BCUT2D eigenvalue weighted by atomic mass is 10.1. The van der Waals surface area contributed by atoms with E-state index in [1.165, 1.54) is 26.1 Å². The van der Waals surface area contributed by atoms with E-state index >= 15 is 0 Å². The van der Waals surface area contributed by atoms with Crippen molar-refractivity contribution in [3.05, 3.63) is 66.4 Å². The lowest BCUT2D eigenvalue weighted by Crippen LogP contribution is -2.28. The van der Waals surface area contributed by atoms with Gasteiger partial charge in [0.05, 0.1) is 6.54 Å². The summed E-state index contributed by atoms with van der Waals surface area (Å²) in [5.41, 5.74) is 2.64. The van der Waals surface area contributed by atoms with E-state index in [2.05, 4.69) is 59.3 Å². The standard InChI is InChI=1S/C23H22N2O2S/c1-2-16-4-6-17(7-5-16)21-12-18-8-9-19(13-22(18)28-21)26-15-20-14-25-11-3-10-24-23(25)27-20/h3-10,12-13,20H,2,11,14-15H2,1H3. The number of benzene rings is 2. The first kappa shape index (κ1) is 17.3. The van der Waals surface area contributed by atoms with Crippen LogP contribution in [0.15, 0.2) is 65.8 Å². The Hall–Kier alpha value is -2.79. The summed E-state index contributed by atoms with van der Waals surface area (Å²) in [6.07, 6.45) is 4.92. The lowest BCUT2D eigenvalue weighted by Gasteiger charge is -2.14. The van der Waals surface area contributed by atoms with Gasteiger partial charge in [0.25, 0.3) is 6.02 Å². The van der Waals surface area contributed by atoms with Crippen LogP contribution >= 0.6 is 11.3 Å². The molecule has 2 aromatic carbocycles.